The van der Waals surface area contributed by atoms with Gasteiger partial charge in [-0.25, -0.2) is 8.42 Å². The van der Waals surface area contributed by atoms with E-state index >= 15 is 0 Å². The van der Waals surface area contributed by atoms with Crippen molar-refractivity contribution in [2.24, 2.45) is 0 Å². The summed E-state index contributed by atoms with van der Waals surface area (Å²) in [5.74, 6) is -0.839. The van der Waals surface area contributed by atoms with Crippen molar-refractivity contribution in [3.8, 4) is 0 Å². The zero-order chi connectivity index (χ0) is 27.0. The number of nitrogens with zero attached hydrogens (tertiary/aromatic N) is 2. The number of amides is 2. The third-order valence-electron chi connectivity index (χ3n) is 5.69. The van der Waals surface area contributed by atoms with Gasteiger partial charge in [-0.05, 0) is 61.4 Å². The van der Waals surface area contributed by atoms with Gasteiger partial charge in [-0.3, -0.25) is 13.9 Å². The van der Waals surface area contributed by atoms with Crippen LogP contribution in [0.1, 0.15) is 25.8 Å². The number of hydrogen-bond acceptors (Lipinski definition) is 4. The smallest absolute Gasteiger partial charge is 0.264 e. The van der Waals surface area contributed by atoms with E-state index in [9.17, 15) is 18.0 Å². The van der Waals surface area contributed by atoms with Crippen molar-refractivity contribution < 1.29 is 18.0 Å². The first kappa shape index (κ1) is 28.7. The molecule has 0 saturated carbocycles. The van der Waals surface area contributed by atoms with E-state index in [4.69, 9.17) is 11.6 Å². The number of hydrogen-bond donors (Lipinski definition) is 1. The molecule has 0 radical (unpaired) electrons. The largest absolute Gasteiger partial charge is 0.354 e. The minimum Gasteiger partial charge on any atom is -0.354 e. The number of carbonyl (C=O) groups is 2. The molecule has 0 bridgehead atoms. The fourth-order valence-electron chi connectivity index (χ4n) is 3.64. The predicted octanol–water partition coefficient (Wildman–Crippen LogP) is 5.24. The molecular formula is C27H29BrClN3O4S. The fraction of sp³-hybridized carbons (Fsp3) is 0.259. The molecule has 0 aliphatic carbocycles. The first-order valence-electron chi connectivity index (χ1n) is 11.8. The number of halogens is 2. The summed E-state index contributed by atoms with van der Waals surface area (Å²) >= 11 is 9.57. The molecule has 0 aliphatic rings. The topological polar surface area (TPSA) is 86.8 Å². The van der Waals surface area contributed by atoms with Crippen LogP contribution in [0.3, 0.4) is 0 Å². The third kappa shape index (κ3) is 7.56. The van der Waals surface area contributed by atoms with Gasteiger partial charge in [0.15, 0.2) is 0 Å². The van der Waals surface area contributed by atoms with Crippen LogP contribution < -0.4 is 9.62 Å². The second-order valence-electron chi connectivity index (χ2n) is 8.42. The molecule has 0 spiro atoms. The van der Waals surface area contributed by atoms with Crippen molar-refractivity contribution in [1.82, 2.24) is 10.2 Å². The molecule has 3 aromatic carbocycles. The lowest BCUT2D eigenvalue weighted by molar-refractivity contribution is -0.139. The van der Waals surface area contributed by atoms with Crippen LogP contribution in [-0.4, -0.2) is 44.3 Å². The Hall–Kier alpha value is -2.88. The number of anilines is 1. The molecule has 0 aliphatic heterocycles. The van der Waals surface area contributed by atoms with Gasteiger partial charge in [0.25, 0.3) is 10.0 Å². The maximum Gasteiger partial charge on any atom is 0.264 e. The molecule has 37 heavy (non-hydrogen) atoms. The van der Waals surface area contributed by atoms with Crippen LogP contribution >= 0.6 is 27.5 Å². The van der Waals surface area contributed by atoms with E-state index < -0.39 is 28.5 Å². The number of carbonyl (C=O) groups excluding carboxylic acids is 2. The monoisotopic (exact) mass is 605 g/mol. The van der Waals surface area contributed by atoms with Gasteiger partial charge in [0.1, 0.15) is 12.6 Å². The summed E-state index contributed by atoms with van der Waals surface area (Å²) in [5.41, 5.74) is 1.04. The van der Waals surface area contributed by atoms with Crippen LogP contribution in [0, 0.1) is 0 Å². The van der Waals surface area contributed by atoms with Crippen molar-refractivity contribution in [2.75, 3.05) is 17.4 Å². The van der Waals surface area contributed by atoms with Crippen molar-refractivity contribution in [3.63, 3.8) is 0 Å². The van der Waals surface area contributed by atoms with Crippen LogP contribution in [0.2, 0.25) is 5.02 Å². The fourth-order valence-corrected chi connectivity index (χ4v) is 5.52. The van der Waals surface area contributed by atoms with Gasteiger partial charge in [0.2, 0.25) is 11.8 Å². The molecule has 3 aromatic rings. The highest BCUT2D eigenvalue weighted by Crippen LogP contribution is 2.27. The molecule has 10 heteroatoms. The molecule has 2 amide bonds. The van der Waals surface area contributed by atoms with Crippen molar-refractivity contribution in [1.29, 1.82) is 0 Å². The molecule has 196 valence electrons. The Kier molecular flexibility index (Phi) is 10.1. The molecule has 0 unspecified atom stereocenters. The van der Waals surface area contributed by atoms with E-state index in [-0.39, 0.29) is 23.0 Å². The average Bonchev–Trinajstić information content (AvgIpc) is 2.89. The number of nitrogens with one attached hydrogen (secondary N) is 1. The summed E-state index contributed by atoms with van der Waals surface area (Å²) in [6, 6.07) is 20.7. The minimum atomic E-state index is -4.12. The van der Waals surface area contributed by atoms with E-state index in [0.29, 0.717) is 11.6 Å². The highest BCUT2D eigenvalue weighted by Gasteiger charge is 2.32. The minimum absolute atomic E-state index is 0.0379. The first-order valence-corrected chi connectivity index (χ1v) is 14.4. The molecule has 0 aromatic heterocycles. The first-order chi connectivity index (χ1) is 17.6. The van der Waals surface area contributed by atoms with E-state index in [2.05, 4.69) is 21.2 Å². The molecule has 0 saturated heterocycles. The van der Waals surface area contributed by atoms with Crippen molar-refractivity contribution in [2.45, 2.75) is 37.8 Å². The number of benzene rings is 3. The van der Waals surface area contributed by atoms with Crippen LogP contribution in [0.4, 0.5) is 5.69 Å². The zero-order valence-electron chi connectivity index (χ0n) is 20.6. The Morgan fingerprint density at radius 2 is 1.68 bits per heavy atom. The van der Waals surface area contributed by atoms with E-state index in [1.165, 1.54) is 23.1 Å². The summed E-state index contributed by atoms with van der Waals surface area (Å²) in [5, 5.41) is 3.15. The molecular weight excluding hydrogens is 578 g/mol. The zero-order valence-corrected chi connectivity index (χ0v) is 23.8. The van der Waals surface area contributed by atoms with Gasteiger partial charge in [-0.15, -0.1) is 0 Å². The maximum absolute atomic E-state index is 13.8. The summed E-state index contributed by atoms with van der Waals surface area (Å²) < 4.78 is 29.2. The van der Waals surface area contributed by atoms with E-state index in [1.807, 2.05) is 31.2 Å². The van der Waals surface area contributed by atoms with Crippen molar-refractivity contribution >= 4 is 55.1 Å². The summed E-state index contributed by atoms with van der Waals surface area (Å²) in [4.78, 5) is 28.1. The molecule has 7 nitrogen and oxygen atoms in total. The van der Waals surface area contributed by atoms with Crippen LogP contribution in [0.25, 0.3) is 0 Å². The van der Waals surface area contributed by atoms with Crippen LogP contribution in [-0.2, 0) is 26.2 Å². The Morgan fingerprint density at radius 1 is 1.00 bits per heavy atom. The van der Waals surface area contributed by atoms with Gasteiger partial charge in [0.05, 0.1) is 10.6 Å². The lowest BCUT2D eigenvalue weighted by Gasteiger charge is -2.32. The molecule has 3 rings (SSSR count). The van der Waals surface area contributed by atoms with Gasteiger partial charge in [-0.1, -0.05) is 70.9 Å². The predicted molar refractivity (Wildman–Crippen MR) is 150 cm³/mol. The van der Waals surface area contributed by atoms with Crippen LogP contribution in [0.15, 0.2) is 88.2 Å². The standard InChI is InChI=1S/C27H29BrClN3O4S/c1-3-16-30-27(34)20(2)31(18-21-12-14-22(28)15-13-21)26(33)19-32(24-9-7-8-23(29)17-24)37(35,36)25-10-5-4-6-11-25/h4-15,17,20H,3,16,18-19H2,1-2H3,(H,30,34)/t20-/m0/s1. The quantitative estimate of drug-likeness (QED) is 0.323. The van der Waals surface area contributed by atoms with Crippen LogP contribution in [0.5, 0.6) is 0 Å². The highest BCUT2D eigenvalue weighted by atomic mass is 79.9. The number of rotatable bonds is 11. The Labute approximate surface area is 231 Å². The molecule has 0 fully saturated rings. The summed E-state index contributed by atoms with van der Waals surface area (Å²) in [7, 11) is -4.12. The normalized spacial score (nSPS) is 12.0. The highest BCUT2D eigenvalue weighted by molar-refractivity contribution is 9.10. The summed E-state index contributed by atoms with van der Waals surface area (Å²) in [6.45, 7) is 3.66. The molecule has 1 N–H and O–H groups in total. The molecule has 0 heterocycles. The van der Waals surface area contributed by atoms with Crippen molar-refractivity contribution in [3.05, 3.63) is 93.9 Å². The lowest BCUT2D eigenvalue weighted by Crippen LogP contribution is -2.51. The Morgan fingerprint density at radius 3 is 2.30 bits per heavy atom. The SMILES string of the molecule is CCCNC(=O)[C@H](C)N(Cc1ccc(Br)cc1)C(=O)CN(c1cccc(Cl)c1)S(=O)(=O)c1ccccc1. The van der Waals surface area contributed by atoms with Gasteiger partial charge < -0.3 is 10.2 Å². The Balaban J connectivity index is 2.00. The number of sulfonamides is 1. The van der Waals surface area contributed by atoms with Gasteiger partial charge in [-0.2, -0.15) is 0 Å². The van der Waals surface area contributed by atoms with E-state index in [1.54, 1.807) is 43.3 Å². The lowest BCUT2D eigenvalue weighted by atomic mass is 10.1. The van der Waals surface area contributed by atoms with E-state index in [0.717, 1.165) is 20.8 Å². The van der Waals surface area contributed by atoms with Gasteiger partial charge >= 0.3 is 0 Å². The molecule has 1 atom stereocenters. The Bertz CT molecular complexity index is 1320. The third-order valence-corrected chi connectivity index (χ3v) is 8.24. The summed E-state index contributed by atoms with van der Waals surface area (Å²) in [6.07, 6.45) is 0.747. The van der Waals surface area contributed by atoms with Gasteiger partial charge in [0, 0.05) is 22.6 Å². The average molecular weight is 607 g/mol. The second kappa shape index (κ2) is 13.1. The maximum atomic E-state index is 13.8. The second-order valence-corrected chi connectivity index (χ2v) is 11.6.